The van der Waals surface area contributed by atoms with Gasteiger partial charge >= 0.3 is 0 Å². The number of benzene rings is 1. The number of nitrogens with one attached hydrogen (secondary N) is 1. The van der Waals surface area contributed by atoms with E-state index < -0.39 is 4.92 Å². The van der Waals surface area contributed by atoms with Crippen LogP contribution in [-0.4, -0.2) is 15.9 Å². The third-order valence-electron chi connectivity index (χ3n) is 4.17. The molecule has 1 aromatic carbocycles. The fourth-order valence-electron chi connectivity index (χ4n) is 3.23. The van der Waals surface area contributed by atoms with Crippen molar-refractivity contribution in [1.82, 2.24) is 0 Å². The summed E-state index contributed by atoms with van der Waals surface area (Å²) < 4.78 is 0. The van der Waals surface area contributed by atoms with Crippen molar-refractivity contribution in [2.45, 2.75) is 19.3 Å². The molecule has 6 nitrogen and oxygen atoms in total. The number of hydrogen-bond donors (Lipinski definition) is 2. The summed E-state index contributed by atoms with van der Waals surface area (Å²) in [7, 11) is 0. The van der Waals surface area contributed by atoms with Crippen LogP contribution in [0.2, 0.25) is 0 Å². The number of para-hydroxylation sites is 1. The molecule has 2 aliphatic rings. The highest BCUT2D eigenvalue weighted by atomic mass is 16.6. The zero-order valence-electron chi connectivity index (χ0n) is 10.2. The van der Waals surface area contributed by atoms with Gasteiger partial charge in [0.05, 0.1) is 4.92 Å². The van der Waals surface area contributed by atoms with Crippen molar-refractivity contribution in [1.29, 1.82) is 0 Å². The van der Waals surface area contributed by atoms with Crippen LogP contribution in [0.25, 0.3) is 0 Å². The second-order valence-electron chi connectivity index (χ2n) is 5.20. The van der Waals surface area contributed by atoms with Gasteiger partial charge in [-0.3, -0.25) is 14.9 Å². The van der Waals surface area contributed by atoms with Crippen molar-refractivity contribution in [3.63, 3.8) is 0 Å². The van der Waals surface area contributed by atoms with Crippen LogP contribution in [0.5, 0.6) is 5.75 Å². The van der Waals surface area contributed by atoms with Gasteiger partial charge in [-0.1, -0.05) is 12.5 Å². The van der Waals surface area contributed by atoms with Crippen molar-refractivity contribution < 1.29 is 14.8 Å². The first kappa shape index (κ1) is 12.0. The number of carbonyl (C=O) groups excluding carboxylic acids is 1. The molecule has 0 radical (unpaired) electrons. The Morgan fingerprint density at radius 3 is 2.68 bits per heavy atom. The molecular formula is C13H14N2O4. The summed E-state index contributed by atoms with van der Waals surface area (Å²) >= 11 is 0. The number of rotatable bonds is 3. The van der Waals surface area contributed by atoms with Crippen LogP contribution >= 0.6 is 0 Å². The molecule has 0 spiro atoms. The Hall–Kier alpha value is -2.11. The summed E-state index contributed by atoms with van der Waals surface area (Å²) in [6.07, 6.45) is 3.28. The molecule has 0 heterocycles. The molecule has 100 valence electrons. The van der Waals surface area contributed by atoms with E-state index in [0.717, 1.165) is 19.3 Å². The number of nitro benzene ring substituents is 1. The van der Waals surface area contributed by atoms with E-state index >= 15 is 0 Å². The molecule has 2 atom stereocenters. The number of hydrogen-bond acceptors (Lipinski definition) is 4. The highest BCUT2D eigenvalue weighted by Gasteiger charge is 2.56. The van der Waals surface area contributed by atoms with Crippen molar-refractivity contribution in [3.8, 4) is 5.75 Å². The normalized spacial score (nSPS) is 27.7. The fraction of sp³-hybridized carbons (Fsp3) is 0.462. The van der Waals surface area contributed by atoms with E-state index in [0.29, 0.717) is 11.8 Å². The Morgan fingerprint density at radius 2 is 2.05 bits per heavy atom. The van der Waals surface area contributed by atoms with Crippen LogP contribution in [0.1, 0.15) is 19.3 Å². The monoisotopic (exact) mass is 262 g/mol. The Kier molecular flexibility index (Phi) is 2.66. The minimum absolute atomic E-state index is 0.0343. The minimum Gasteiger partial charge on any atom is -0.505 e. The molecule has 2 fully saturated rings. The van der Waals surface area contributed by atoms with E-state index in [9.17, 15) is 20.0 Å². The third kappa shape index (κ3) is 1.93. The van der Waals surface area contributed by atoms with E-state index in [1.807, 2.05) is 0 Å². The van der Waals surface area contributed by atoms with Gasteiger partial charge in [0.1, 0.15) is 5.75 Å². The van der Waals surface area contributed by atoms with Crippen LogP contribution in [0, 0.1) is 27.9 Å². The average Bonchev–Trinajstić information content (AvgIpc) is 2.85. The van der Waals surface area contributed by atoms with Gasteiger partial charge < -0.3 is 10.4 Å². The molecule has 2 unspecified atom stereocenters. The average molecular weight is 262 g/mol. The van der Waals surface area contributed by atoms with Gasteiger partial charge in [-0.2, -0.15) is 0 Å². The van der Waals surface area contributed by atoms with Crippen LogP contribution in [0.15, 0.2) is 18.2 Å². The predicted molar refractivity (Wildman–Crippen MR) is 67.7 cm³/mol. The van der Waals surface area contributed by atoms with Gasteiger partial charge in [0.25, 0.3) is 5.69 Å². The van der Waals surface area contributed by atoms with Crippen LogP contribution in [0.3, 0.4) is 0 Å². The van der Waals surface area contributed by atoms with Crippen molar-refractivity contribution in [2.75, 3.05) is 5.32 Å². The van der Waals surface area contributed by atoms with E-state index in [-0.39, 0.29) is 28.9 Å². The molecule has 0 aromatic heterocycles. The summed E-state index contributed by atoms with van der Waals surface area (Å²) in [5.41, 5.74) is -0.373. The SMILES string of the molecule is O=C(Nc1c(O)cccc1[N+](=O)[O-])C1C2CCCC21. The van der Waals surface area contributed by atoms with Gasteiger partial charge in [0.15, 0.2) is 5.69 Å². The molecule has 0 aliphatic heterocycles. The van der Waals surface area contributed by atoms with Crippen LogP contribution < -0.4 is 5.32 Å². The van der Waals surface area contributed by atoms with E-state index in [4.69, 9.17) is 0 Å². The summed E-state index contributed by atoms with van der Waals surface area (Å²) in [5, 5.41) is 23.1. The Morgan fingerprint density at radius 1 is 1.37 bits per heavy atom. The summed E-state index contributed by atoms with van der Waals surface area (Å²) in [6.45, 7) is 0. The number of aromatic hydroxyl groups is 1. The maximum atomic E-state index is 12.1. The van der Waals surface area contributed by atoms with Gasteiger partial charge in [0, 0.05) is 12.0 Å². The summed E-state index contributed by atoms with van der Waals surface area (Å²) in [4.78, 5) is 22.3. The smallest absolute Gasteiger partial charge is 0.296 e. The number of phenolic OH excluding ortho intramolecular Hbond substituents is 1. The van der Waals surface area contributed by atoms with E-state index in [1.165, 1.54) is 18.2 Å². The molecule has 19 heavy (non-hydrogen) atoms. The Labute approximate surface area is 109 Å². The number of fused-ring (bicyclic) bond motifs is 1. The minimum atomic E-state index is -0.608. The summed E-state index contributed by atoms with van der Waals surface area (Å²) in [6, 6.07) is 3.98. The molecule has 0 saturated heterocycles. The second-order valence-corrected chi connectivity index (χ2v) is 5.20. The maximum absolute atomic E-state index is 12.1. The first-order valence-corrected chi connectivity index (χ1v) is 6.37. The van der Waals surface area contributed by atoms with Crippen molar-refractivity contribution >= 4 is 17.3 Å². The topological polar surface area (TPSA) is 92.5 Å². The predicted octanol–water partition coefficient (Wildman–Crippen LogP) is 2.29. The number of nitrogens with zero attached hydrogens (tertiary/aromatic N) is 1. The summed E-state index contributed by atoms with van der Waals surface area (Å²) in [5.74, 6) is 0.357. The van der Waals surface area contributed by atoms with Gasteiger partial charge in [-0.15, -0.1) is 0 Å². The highest BCUT2D eigenvalue weighted by Crippen LogP contribution is 2.58. The number of amides is 1. The van der Waals surface area contributed by atoms with Gasteiger partial charge in [-0.05, 0) is 30.7 Å². The van der Waals surface area contributed by atoms with E-state index in [1.54, 1.807) is 0 Å². The lowest BCUT2D eigenvalue weighted by atomic mass is 10.1. The molecule has 2 saturated carbocycles. The standard InChI is InChI=1S/C13H14N2O4/c16-10-6-2-5-9(15(18)19)12(10)14-13(17)11-7-3-1-4-8(7)11/h2,5-8,11,16H,1,3-4H2,(H,14,17). The van der Waals surface area contributed by atoms with Crippen LogP contribution in [-0.2, 0) is 4.79 Å². The van der Waals surface area contributed by atoms with Crippen molar-refractivity contribution in [2.24, 2.45) is 17.8 Å². The number of carbonyl (C=O) groups is 1. The maximum Gasteiger partial charge on any atom is 0.296 e. The lowest BCUT2D eigenvalue weighted by molar-refractivity contribution is -0.384. The number of nitro groups is 1. The molecule has 0 bridgehead atoms. The zero-order chi connectivity index (χ0) is 13.6. The molecular weight excluding hydrogens is 248 g/mol. The first-order chi connectivity index (χ1) is 9.09. The molecule has 2 aliphatic carbocycles. The largest absolute Gasteiger partial charge is 0.505 e. The fourth-order valence-corrected chi connectivity index (χ4v) is 3.23. The third-order valence-corrected chi connectivity index (χ3v) is 4.17. The second kappa shape index (κ2) is 4.22. The van der Waals surface area contributed by atoms with Gasteiger partial charge in [0.2, 0.25) is 5.91 Å². The number of phenols is 1. The highest BCUT2D eigenvalue weighted by molar-refractivity contribution is 5.98. The molecule has 1 aromatic rings. The zero-order valence-corrected chi connectivity index (χ0v) is 10.2. The Balaban J connectivity index is 1.80. The molecule has 1 amide bonds. The van der Waals surface area contributed by atoms with Crippen LogP contribution in [0.4, 0.5) is 11.4 Å². The van der Waals surface area contributed by atoms with Crippen molar-refractivity contribution in [3.05, 3.63) is 28.3 Å². The van der Waals surface area contributed by atoms with E-state index in [2.05, 4.69) is 5.32 Å². The molecule has 2 N–H and O–H groups in total. The quantitative estimate of drug-likeness (QED) is 0.496. The number of anilines is 1. The first-order valence-electron chi connectivity index (χ1n) is 6.37. The lowest BCUT2D eigenvalue weighted by Gasteiger charge is -2.08. The molecule has 6 heteroatoms. The molecule has 3 rings (SSSR count). The Bertz CT molecular complexity index is 548. The van der Waals surface area contributed by atoms with Gasteiger partial charge in [-0.25, -0.2) is 0 Å². The lowest BCUT2D eigenvalue weighted by Crippen LogP contribution is -2.17.